The molecule has 1 rings (SSSR count). The van der Waals surface area contributed by atoms with Crippen molar-refractivity contribution in [2.24, 2.45) is 5.92 Å². The van der Waals surface area contributed by atoms with Crippen molar-refractivity contribution in [3.05, 3.63) is 30.1 Å². The zero-order valence-electron chi connectivity index (χ0n) is 9.01. The summed E-state index contributed by atoms with van der Waals surface area (Å²) in [6.07, 6.45) is 0. The molecule has 0 aliphatic heterocycles. The molecule has 3 unspecified atom stereocenters. The highest BCUT2D eigenvalue weighted by atomic mass is 32.2. The first-order valence-corrected chi connectivity index (χ1v) is 6.03. The Balaban J connectivity index is 2.86. The number of benzene rings is 1. The van der Waals surface area contributed by atoms with Gasteiger partial charge in [-0.1, -0.05) is 6.92 Å². The van der Waals surface area contributed by atoms with Crippen LogP contribution < -0.4 is 0 Å². The van der Waals surface area contributed by atoms with E-state index in [1.165, 1.54) is 31.2 Å². The monoisotopic (exact) mass is 244 g/mol. The molecule has 1 N–H and O–H groups in total. The third-order valence-corrected chi connectivity index (χ3v) is 4.30. The van der Waals surface area contributed by atoms with Gasteiger partial charge in [0.2, 0.25) is 0 Å². The largest absolute Gasteiger partial charge is 0.481 e. The molecule has 0 aromatic heterocycles. The van der Waals surface area contributed by atoms with Crippen LogP contribution in [0.15, 0.2) is 29.2 Å². The van der Waals surface area contributed by atoms with E-state index in [9.17, 15) is 13.4 Å². The lowest BCUT2D eigenvalue weighted by atomic mass is 10.1. The second-order valence-corrected chi connectivity index (χ2v) is 5.39. The molecule has 0 fully saturated rings. The van der Waals surface area contributed by atoms with Gasteiger partial charge >= 0.3 is 5.97 Å². The van der Waals surface area contributed by atoms with Gasteiger partial charge in [-0.3, -0.25) is 9.00 Å². The third kappa shape index (κ3) is 2.88. The van der Waals surface area contributed by atoms with E-state index in [2.05, 4.69) is 0 Å². The maximum absolute atomic E-state index is 12.6. The van der Waals surface area contributed by atoms with Crippen LogP contribution >= 0.6 is 0 Å². The number of aliphatic carboxylic acids is 1. The summed E-state index contributed by atoms with van der Waals surface area (Å²) in [6, 6.07) is 5.25. The highest BCUT2D eigenvalue weighted by Gasteiger charge is 2.25. The quantitative estimate of drug-likeness (QED) is 0.881. The molecule has 0 heterocycles. The summed E-state index contributed by atoms with van der Waals surface area (Å²) in [6.45, 7) is 3.12. The Morgan fingerprint density at radius 3 is 2.25 bits per heavy atom. The Kier molecular flexibility index (Phi) is 4.18. The number of rotatable bonds is 4. The number of hydrogen-bond acceptors (Lipinski definition) is 2. The molecular formula is C11H13FO3S. The van der Waals surface area contributed by atoms with Gasteiger partial charge in [-0.15, -0.1) is 0 Å². The minimum Gasteiger partial charge on any atom is -0.481 e. The summed E-state index contributed by atoms with van der Waals surface area (Å²) in [5, 5.41) is 8.29. The lowest BCUT2D eigenvalue weighted by molar-refractivity contribution is -0.141. The molecule has 0 aliphatic carbocycles. The highest BCUT2D eigenvalue weighted by Crippen LogP contribution is 2.17. The smallest absolute Gasteiger partial charge is 0.307 e. The summed E-state index contributed by atoms with van der Waals surface area (Å²) in [4.78, 5) is 11.2. The van der Waals surface area contributed by atoms with Crippen molar-refractivity contribution >= 4 is 16.8 Å². The van der Waals surface area contributed by atoms with E-state index in [0.29, 0.717) is 4.90 Å². The maximum Gasteiger partial charge on any atom is 0.307 e. The third-order valence-electron chi connectivity index (χ3n) is 2.48. The lowest BCUT2D eigenvalue weighted by Crippen LogP contribution is -2.26. The Labute approximate surface area is 95.8 Å². The van der Waals surface area contributed by atoms with Crippen molar-refractivity contribution in [2.45, 2.75) is 24.0 Å². The molecule has 0 amide bonds. The Bertz CT molecular complexity index is 402. The topological polar surface area (TPSA) is 54.4 Å². The van der Waals surface area contributed by atoms with Crippen molar-refractivity contribution in [1.29, 1.82) is 0 Å². The second-order valence-electron chi connectivity index (χ2n) is 3.58. The summed E-state index contributed by atoms with van der Waals surface area (Å²) in [7, 11) is -1.43. The molecule has 0 saturated carbocycles. The molecular weight excluding hydrogens is 231 g/mol. The average Bonchev–Trinajstić information content (AvgIpc) is 2.27. The molecule has 0 bridgehead atoms. The average molecular weight is 244 g/mol. The molecule has 0 radical (unpaired) electrons. The maximum atomic E-state index is 12.6. The number of carboxylic acids is 1. The second kappa shape index (κ2) is 5.21. The van der Waals surface area contributed by atoms with Gasteiger partial charge in [0.15, 0.2) is 0 Å². The first-order valence-electron chi connectivity index (χ1n) is 4.82. The molecule has 3 atom stereocenters. The van der Waals surface area contributed by atoms with E-state index in [4.69, 9.17) is 5.11 Å². The molecule has 1 aromatic carbocycles. The fourth-order valence-corrected chi connectivity index (χ4v) is 2.49. The van der Waals surface area contributed by atoms with Crippen LogP contribution in [0.25, 0.3) is 0 Å². The summed E-state index contributed by atoms with van der Waals surface area (Å²) >= 11 is 0. The Hall–Kier alpha value is -1.23. The van der Waals surface area contributed by atoms with E-state index >= 15 is 0 Å². The van der Waals surface area contributed by atoms with Crippen LogP contribution in [-0.4, -0.2) is 20.5 Å². The predicted octanol–water partition coefficient (Wildman–Crippen LogP) is 2.04. The molecule has 16 heavy (non-hydrogen) atoms. The number of carbonyl (C=O) groups is 1. The van der Waals surface area contributed by atoms with E-state index in [1.54, 1.807) is 6.92 Å². The fraction of sp³-hybridized carbons (Fsp3) is 0.364. The predicted molar refractivity (Wildman–Crippen MR) is 59.1 cm³/mol. The number of carboxylic acid groups (broad SMARTS) is 1. The SMILES string of the molecule is CC(C(=O)O)C(C)S(=O)c1ccc(F)cc1. The number of halogens is 1. The van der Waals surface area contributed by atoms with Crippen LogP contribution in [0.2, 0.25) is 0 Å². The first kappa shape index (κ1) is 12.8. The van der Waals surface area contributed by atoms with Crippen molar-refractivity contribution < 1.29 is 18.5 Å². The Morgan fingerprint density at radius 1 is 1.31 bits per heavy atom. The van der Waals surface area contributed by atoms with Gasteiger partial charge in [-0.2, -0.15) is 0 Å². The summed E-state index contributed by atoms with van der Waals surface area (Å²) in [5.74, 6) is -2.09. The minimum absolute atomic E-state index is 0.403. The van der Waals surface area contributed by atoms with Crippen LogP contribution in [0.1, 0.15) is 13.8 Å². The fourth-order valence-electron chi connectivity index (χ4n) is 1.17. The van der Waals surface area contributed by atoms with E-state index in [1.807, 2.05) is 0 Å². The molecule has 1 aromatic rings. The van der Waals surface area contributed by atoms with Crippen LogP contribution in [0.3, 0.4) is 0 Å². The zero-order valence-corrected chi connectivity index (χ0v) is 9.83. The molecule has 0 saturated heterocycles. The van der Waals surface area contributed by atoms with Crippen molar-refractivity contribution in [3.8, 4) is 0 Å². The normalized spacial score (nSPS) is 16.4. The molecule has 5 heteroatoms. The van der Waals surface area contributed by atoms with Gasteiger partial charge in [-0.05, 0) is 31.2 Å². The zero-order chi connectivity index (χ0) is 12.3. The first-order chi connectivity index (χ1) is 7.43. The van der Waals surface area contributed by atoms with E-state index in [-0.39, 0.29) is 0 Å². The molecule has 3 nitrogen and oxygen atoms in total. The molecule has 0 aliphatic rings. The van der Waals surface area contributed by atoms with Crippen molar-refractivity contribution in [1.82, 2.24) is 0 Å². The van der Waals surface area contributed by atoms with Gasteiger partial charge in [-0.25, -0.2) is 4.39 Å². The Morgan fingerprint density at radius 2 is 1.81 bits per heavy atom. The summed E-state index contributed by atoms with van der Waals surface area (Å²) < 4.78 is 24.6. The number of hydrogen-bond donors (Lipinski definition) is 1. The van der Waals surface area contributed by atoms with Crippen LogP contribution in [0.5, 0.6) is 0 Å². The summed E-state index contributed by atoms with van der Waals surface area (Å²) in [5.41, 5.74) is 0. The van der Waals surface area contributed by atoms with Crippen molar-refractivity contribution in [2.75, 3.05) is 0 Å². The lowest BCUT2D eigenvalue weighted by Gasteiger charge is -2.15. The highest BCUT2D eigenvalue weighted by molar-refractivity contribution is 7.85. The van der Waals surface area contributed by atoms with Gasteiger partial charge in [0.05, 0.1) is 16.7 Å². The van der Waals surface area contributed by atoms with Crippen molar-refractivity contribution in [3.63, 3.8) is 0 Å². The van der Waals surface area contributed by atoms with Gasteiger partial charge < -0.3 is 5.11 Å². The van der Waals surface area contributed by atoms with E-state index < -0.39 is 33.8 Å². The van der Waals surface area contributed by atoms with Gasteiger partial charge in [0.1, 0.15) is 5.82 Å². The van der Waals surface area contributed by atoms with Crippen LogP contribution in [-0.2, 0) is 15.6 Å². The molecule has 88 valence electrons. The van der Waals surface area contributed by atoms with E-state index in [0.717, 1.165) is 0 Å². The molecule has 0 spiro atoms. The minimum atomic E-state index is -1.43. The van der Waals surface area contributed by atoms with Gasteiger partial charge in [0.25, 0.3) is 0 Å². The van der Waals surface area contributed by atoms with Gasteiger partial charge in [0, 0.05) is 10.1 Å². The van der Waals surface area contributed by atoms with Crippen LogP contribution in [0, 0.1) is 11.7 Å². The standard InChI is InChI=1S/C11H13FO3S/c1-7(11(13)14)8(2)16(15)10-5-3-9(12)4-6-10/h3-8H,1-2H3,(H,13,14). The van der Waals surface area contributed by atoms with Crippen LogP contribution in [0.4, 0.5) is 4.39 Å².